The number of amides is 2. The third kappa shape index (κ3) is 3.76. The van der Waals surface area contributed by atoms with E-state index in [9.17, 15) is 9.59 Å². The van der Waals surface area contributed by atoms with Crippen molar-refractivity contribution in [2.75, 3.05) is 25.0 Å². The number of hydrogen-bond donors (Lipinski definition) is 0. The Labute approximate surface area is 165 Å². The zero-order chi connectivity index (χ0) is 19.5. The molecule has 2 heterocycles. The highest BCUT2D eigenvalue weighted by atomic mass is 16.2. The van der Waals surface area contributed by atoms with E-state index in [-0.39, 0.29) is 11.8 Å². The van der Waals surface area contributed by atoms with E-state index < -0.39 is 0 Å². The van der Waals surface area contributed by atoms with E-state index in [1.807, 2.05) is 54.4 Å². The smallest absolute Gasteiger partial charge is 0.270 e. The first-order valence-corrected chi connectivity index (χ1v) is 9.62. The van der Waals surface area contributed by atoms with Crippen LogP contribution in [-0.2, 0) is 22.7 Å². The summed E-state index contributed by atoms with van der Waals surface area (Å²) >= 11 is 0. The Morgan fingerprint density at radius 3 is 2.57 bits per heavy atom. The molecule has 2 aromatic carbocycles. The topological polar surface area (TPSA) is 56.2 Å². The minimum absolute atomic E-state index is 0.0404. The molecule has 4 rings (SSSR count). The summed E-state index contributed by atoms with van der Waals surface area (Å²) in [5.41, 5.74) is 3.75. The van der Waals surface area contributed by atoms with Gasteiger partial charge >= 0.3 is 0 Å². The second-order valence-corrected chi connectivity index (χ2v) is 7.26. The molecule has 28 heavy (non-hydrogen) atoms. The molecule has 0 atom stereocenters. The molecule has 2 aromatic rings. The number of nitrogens with zero attached hydrogens (tertiary/aromatic N) is 4. The van der Waals surface area contributed by atoms with Crippen LogP contribution in [0.25, 0.3) is 0 Å². The molecule has 2 aliphatic rings. The van der Waals surface area contributed by atoms with Gasteiger partial charge in [0.05, 0.1) is 6.54 Å². The lowest BCUT2D eigenvalue weighted by molar-refractivity contribution is -0.132. The minimum atomic E-state index is -0.0735. The molecule has 6 heteroatoms. The number of carbonyl (C=O) groups excluding carboxylic acids is 2. The van der Waals surface area contributed by atoms with Gasteiger partial charge in [0, 0.05) is 45.2 Å². The average molecular weight is 376 g/mol. The predicted octanol–water partition coefficient (Wildman–Crippen LogP) is 2.64. The number of para-hydroxylation sites is 1. The first-order chi connectivity index (χ1) is 13.6. The van der Waals surface area contributed by atoms with Crippen LogP contribution in [0, 0.1) is 0 Å². The summed E-state index contributed by atoms with van der Waals surface area (Å²) in [5.74, 6) is -0.114. The van der Waals surface area contributed by atoms with Crippen LogP contribution in [0.2, 0.25) is 0 Å². The number of benzene rings is 2. The fraction of sp³-hybridized carbons (Fsp3) is 0.318. The molecule has 2 amide bonds. The van der Waals surface area contributed by atoms with Crippen molar-refractivity contribution in [3.63, 3.8) is 0 Å². The SMILES string of the molecule is CN1CCN(C(=O)C2=NN(Cc3ccccc3)C(=O)CC2)Cc2ccccc21. The Morgan fingerprint density at radius 2 is 1.75 bits per heavy atom. The van der Waals surface area contributed by atoms with Crippen LogP contribution in [-0.4, -0.2) is 47.6 Å². The van der Waals surface area contributed by atoms with Gasteiger partial charge in [0.2, 0.25) is 5.91 Å². The van der Waals surface area contributed by atoms with E-state index in [1.165, 1.54) is 5.01 Å². The molecule has 0 saturated heterocycles. The van der Waals surface area contributed by atoms with Crippen LogP contribution < -0.4 is 4.90 Å². The molecule has 0 unspecified atom stereocenters. The van der Waals surface area contributed by atoms with Gasteiger partial charge in [-0.2, -0.15) is 5.10 Å². The van der Waals surface area contributed by atoms with Gasteiger partial charge in [-0.15, -0.1) is 0 Å². The highest BCUT2D eigenvalue weighted by molar-refractivity contribution is 6.39. The van der Waals surface area contributed by atoms with E-state index in [1.54, 1.807) is 0 Å². The van der Waals surface area contributed by atoms with E-state index in [2.05, 4.69) is 22.1 Å². The number of carbonyl (C=O) groups is 2. The van der Waals surface area contributed by atoms with Gasteiger partial charge in [-0.05, 0) is 17.2 Å². The maximum Gasteiger partial charge on any atom is 0.270 e. The lowest BCUT2D eigenvalue weighted by Gasteiger charge is -2.27. The van der Waals surface area contributed by atoms with E-state index in [4.69, 9.17) is 0 Å². The summed E-state index contributed by atoms with van der Waals surface area (Å²) in [6, 6.07) is 17.9. The lowest BCUT2D eigenvalue weighted by Crippen LogP contribution is -2.42. The molecular formula is C22H24N4O2. The van der Waals surface area contributed by atoms with Crippen molar-refractivity contribution in [3.8, 4) is 0 Å². The van der Waals surface area contributed by atoms with Gasteiger partial charge in [0.25, 0.3) is 5.91 Å². The molecule has 0 bridgehead atoms. The van der Waals surface area contributed by atoms with Crippen LogP contribution in [0.1, 0.15) is 24.0 Å². The van der Waals surface area contributed by atoms with Crippen LogP contribution >= 0.6 is 0 Å². The number of hydrazone groups is 1. The van der Waals surface area contributed by atoms with Crippen molar-refractivity contribution >= 4 is 23.2 Å². The highest BCUT2D eigenvalue weighted by Crippen LogP contribution is 2.24. The van der Waals surface area contributed by atoms with Gasteiger partial charge in [0.1, 0.15) is 5.71 Å². The fourth-order valence-electron chi connectivity index (χ4n) is 3.68. The molecule has 2 aliphatic heterocycles. The molecule has 0 spiro atoms. The highest BCUT2D eigenvalue weighted by Gasteiger charge is 2.29. The molecule has 0 aromatic heterocycles. The third-order valence-corrected chi connectivity index (χ3v) is 5.28. The molecule has 0 aliphatic carbocycles. The zero-order valence-corrected chi connectivity index (χ0v) is 16.0. The Bertz CT molecular complexity index is 910. The summed E-state index contributed by atoms with van der Waals surface area (Å²) in [6.07, 6.45) is 0.721. The number of likely N-dealkylation sites (N-methyl/N-ethyl adjacent to an activating group) is 1. The van der Waals surface area contributed by atoms with Gasteiger partial charge in [-0.3, -0.25) is 9.59 Å². The van der Waals surface area contributed by atoms with Crippen LogP contribution in [0.15, 0.2) is 59.7 Å². The number of hydrogen-bond acceptors (Lipinski definition) is 4. The summed E-state index contributed by atoms with van der Waals surface area (Å²) in [4.78, 5) is 29.5. The van der Waals surface area contributed by atoms with E-state index in [0.29, 0.717) is 38.2 Å². The predicted molar refractivity (Wildman–Crippen MR) is 109 cm³/mol. The monoisotopic (exact) mass is 376 g/mol. The second-order valence-electron chi connectivity index (χ2n) is 7.26. The number of fused-ring (bicyclic) bond motifs is 1. The quantitative estimate of drug-likeness (QED) is 0.828. The fourth-order valence-corrected chi connectivity index (χ4v) is 3.68. The number of rotatable bonds is 3. The first-order valence-electron chi connectivity index (χ1n) is 9.62. The molecule has 0 saturated carbocycles. The summed E-state index contributed by atoms with van der Waals surface area (Å²) in [5, 5.41) is 5.87. The lowest BCUT2D eigenvalue weighted by atomic mass is 10.1. The minimum Gasteiger partial charge on any atom is -0.373 e. The Hall–Kier alpha value is -3.15. The summed E-state index contributed by atoms with van der Waals surface area (Å²) in [6.45, 7) is 2.35. The van der Waals surface area contributed by atoms with Gasteiger partial charge in [-0.25, -0.2) is 5.01 Å². The molecule has 6 nitrogen and oxygen atoms in total. The van der Waals surface area contributed by atoms with Crippen LogP contribution in [0.5, 0.6) is 0 Å². The third-order valence-electron chi connectivity index (χ3n) is 5.28. The Balaban J connectivity index is 1.54. The van der Waals surface area contributed by atoms with Crippen molar-refractivity contribution in [2.24, 2.45) is 5.10 Å². The van der Waals surface area contributed by atoms with Gasteiger partial charge in [0.15, 0.2) is 0 Å². The maximum absolute atomic E-state index is 13.2. The summed E-state index contributed by atoms with van der Waals surface area (Å²) in [7, 11) is 2.05. The Morgan fingerprint density at radius 1 is 1.00 bits per heavy atom. The standard InChI is InChI=1S/C22H24N4O2/c1-24-13-14-25(16-18-9-5-6-10-20(18)24)22(28)19-11-12-21(27)26(23-19)15-17-7-3-2-4-8-17/h2-10H,11-16H2,1H3. The van der Waals surface area contributed by atoms with Gasteiger partial charge in [-0.1, -0.05) is 48.5 Å². The van der Waals surface area contributed by atoms with Gasteiger partial charge < -0.3 is 9.80 Å². The van der Waals surface area contributed by atoms with E-state index >= 15 is 0 Å². The Kier molecular flexibility index (Phi) is 5.10. The van der Waals surface area contributed by atoms with Crippen LogP contribution in [0.4, 0.5) is 5.69 Å². The second kappa shape index (κ2) is 7.84. The molecule has 0 N–H and O–H groups in total. The average Bonchev–Trinajstić information content (AvgIpc) is 2.89. The molecule has 0 fully saturated rings. The first kappa shape index (κ1) is 18.2. The summed E-state index contributed by atoms with van der Waals surface area (Å²) < 4.78 is 0. The van der Waals surface area contributed by atoms with Crippen LogP contribution in [0.3, 0.4) is 0 Å². The molecule has 144 valence electrons. The molecular weight excluding hydrogens is 352 g/mol. The van der Waals surface area contributed by atoms with Crippen molar-refractivity contribution in [3.05, 3.63) is 65.7 Å². The van der Waals surface area contributed by atoms with E-state index in [0.717, 1.165) is 23.4 Å². The van der Waals surface area contributed by atoms with Crippen molar-refractivity contribution in [1.82, 2.24) is 9.91 Å². The molecule has 0 radical (unpaired) electrons. The zero-order valence-electron chi connectivity index (χ0n) is 16.0. The largest absolute Gasteiger partial charge is 0.373 e. The maximum atomic E-state index is 13.2. The van der Waals surface area contributed by atoms with Crippen molar-refractivity contribution in [1.29, 1.82) is 0 Å². The van der Waals surface area contributed by atoms with Crippen molar-refractivity contribution in [2.45, 2.75) is 25.9 Å². The normalized spacial score (nSPS) is 17.1. The number of anilines is 1. The van der Waals surface area contributed by atoms with Crippen molar-refractivity contribution < 1.29 is 9.59 Å².